The van der Waals surface area contributed by atoms with Crippen molar-refractivity contribution in [3.05, 3.63) is 93.8 Å². The van der Waals surface area contributed by atoms with Crippen molar-refractivity contribution in [1.82, 2.24) is 10.6 Å². The van der Waals surface area contributed by atoms with E-state index in [1.165, 1.54) is 37.4 Å². The molecular weight excluding hydrogens is 445 g/mol. The second-order valence-electron chi connectivity index (χ2n) is 7.13. The Morgan fingerprint density at radius 3 is 2.35 bits per heavy atom. The van der Waals surface area contributed by atoms with Crippen LogP contribution >= 0.6 is 0 Å². The third-order valence-corrected chi connectivity index (χ3v) is 4.69. The van der Waals surface area contributed by atoms with Gasteiger partial charge < -0.3 is 20.1 Å². The number of ether oxygens (including phenoxy) is 2. The largest absolute Gasteiger partial charge is 0.497 e. The van der Waals surface area contributed by atoms with Gasteiger partial charge in [0, 0.05) is 25.2 Å². The Kier molecular flexibility index (Phi) is 8.11. The fourth-order valence-electron chi connectivity index (χ4n) is 3.04. The molecule has 176 valence electrons. The van der Waals surface area contributed by atoms with Crippen LogP contribution in [0.5, 0.6) is 17.2 Å². The average molecular weight is 467 g/mol. The predicted molar refractivity (Wildman–Crippen MR) is 122 cm³/mol. The van der Waals surface area contributed by atoms with Crippen molar-refractivity contribution in [3.8, 4) is 17.2 Å². The van der Waals surface area contributed by atoms with Crippen molar-refractivity contribution in [2.75, 3.05) is 20.2 Å². The number of carbonyl (C=O) groups excluding carboxylic acids is 2. The number of hydrogen-bond donors (Lipinski definition) is 2. The molecule has 0 bridgehead atoms. The highest BCUT2D eigenvalue weighted by Crippen LogP contribution is 2.29. The van der Waals surface area contributed by atoms with Crippen LogP contribution in [0.3, 0.4) is 0 Å². The van der Waals surface area contributed by atoms with Crippen molar-refractivity contribution in [2.45, 2.75) is 6.42 Å². The number of nitro groups is 1. The minimum atomic E-state index is -0.611. The molecule has 2 N–H and O–H groups in total. The quantitative estimate of drug-likeness (QED) is 0.267. The zero-order valence-electron chi connectivity index (χ0n) is 18.2. The molecule has 0 aliphatic heterocycles. The van der Waals surface area contributed by atoms with Crippen LogP contribution in [0.15, 0.2) is 66.7 Å². The number of nitro benzene ring substituents is 1. The predicted octanol–water partition coefficient (Wildman–Crippen LogP) is 3.62. The van der Waals surface area contributed by atoms with Crippen LogP contribution in [0, 0.1) is 15.9 Å². The lowest BCUT2D eigenvalue weighted by molar-refractivity contribution is -0.384. The van der Waals surface area contributed by atoms with Gasteiger partial charge in [-0.2, -0.15) is 0 Å². The number of carbonyl (C=O) groups is 2. The molecule has 0 saturated heterocycles. The van der Waals surface area contributed by atoms with E-state index in [4.69, 9.17) is 9.47 Å². The van der Waals surface area contributed by atoms with Gasteiger partial charge in [-0.15, -0.1) is 0 Å². The first kappa shape index (κ1) is 24.2. The summed E-state index contributed by atoms with van der Waals surface area (Å²) in [4.78, 5) is 35.3. The molecule has 0 fully saturated rings. The third kappa shape index (κ3) is 6.76. The van der Waals surface area contributed by atoms with Gasteiger partial charge in [0.25, 0.3) is 11.6 Å². The second kappa shape index (κ2) is 11.4. The number of hydrogen-bond acceptors (Lipinski definition) is 6. The minimum Gasteiger partial charge on any atom is -0.497 e. The Labute approximate surface area is 194 Å². The Hall–Kier alpha value is -4.47. The summed E-state index contributed by atoms with van der Waals surface area (Å²) in [5, 5.41) is 16.4. The summed E-state index contributed by atoms with van der Waals surface area (Å²) in [6.45, 7) is 0.182. The number of rotatable bonds is 10. The maximum atomic E-state index is 13.2. The lowest BCUT2D eigenvalue weighted by atomic mass is 10.1. The summed E-state index contributed by atoms with van der Waals surface area (Å²) in [5.74, 6) is -0.210. The van der Waals surface area contributed by atoms with Gasteiger partial charge in [-0.1, -0.05) is 12.1 Å². The smallest absolute Gasteiger partial charge is 0.270 e. The molecule has 34 heavy (non-hydrogen) atoms. The van der Waals surface area contributed by atoms with Crippen molar-refractivity contribution in [3.63, 3.8) is 0 Å². The molecule has 3 aromatic rings. The summed E-state index contributed by atoms with van der Waals surface area (Å²) in [7, 11) is 1.53. The Morgan fingerprint density at radius 1 is 0.971 bits per heavy atom. The van der Waals surface area contributed by atoms with E-state index < -0.39 is 16.6 Å². The monoisotopic (exact) mass is 467 g/mol. The van der Waals surface area contributed by atoms with E-state index in [0.29, 0.717) is 17.1 Å². The van der Waals surface area contributed by atoms with E-state index in [1.54, 1.807) is 30.3 Å². The molecule has 10 heteroatoms. The highest BCUT2D eigenvalue weighted by atomic mass is 19.1. The van der Waals surface area contributed by atoms with Crippen LogP contribution < -0.4 is 20.1 Å². The Bertz CT molecular complexity index is 1180. The number of amides is 2. The molecule has 9 nitrogen and oxygen atoms in total. The number of methoxy groups -OCH3 is 1. The van der Waals surface area contributed by atoms with Gasteiger partial charge in [0.2, 0.25) is 5.91 Å². The average Bonchev–Trinajstić information content (AvgIpc) is 2.82. The molecule has 3 rings (SSSR count). The molecule has 0 aliphatic carbocycles. The molecule has 0 radical (unpaired) electrons. The van der Waals surface area contributed by atoms with Gasteiger partial charge in [-0.05, 0) is 48.0 Å². The number of benzene rings is 3. The Morgan fingerprint density at radius 2 is 1.68 bits per heavy atom. The van der Waals surface area contributed by atoms with E-state index in [0.717, 1.165) is 6.07 Å². The van der Waals surface area contributed by atoms with E-state index in [1.807, 2.05) is 0 Å². The molecule has 0 unspecified atom stereocenters. The Balaban J connectivity index is 1.61. The number of nitrogens with zero attached hydrogens (tertiary/aromatic N) is 1. The van der Waals surface area contributed by atoms with E-state index in [9.17, 15) is 24.1 Å². The molecule has 2 amide bonds. The maximum absolute atomic E-state index is 13.2. The number of halogens is 1. The zero-order valence-corrected chi connectivity index (χ0v) is 18.2. The number of nitrogens with one attached hydrogen (secondary N) is 2. The highest BCUT2D eigenvalue weighted by molar-refractivity contribution is 5.97. The van der Waals surface area contributed by atoms with Gasteiger partial charge in [0.1, 0.15) is 23.1 Å². The summed E-state index contributed by atoms with van der Waals surface area (Å²) in [5.41, 5.74) is 0.227. The topological polar surface area (TPSA) is 120 Å². The van der Waals surface area contributed by atoms with E-state index >= 15 is 0 Å². The third-order valence-electron chi connectivity index (χ3n) is 4.69. The van der Waals surface area contributed by atoms with Crippen LogP contribution in [0.4, 0.5) is 10.1 Å². The second-order valence-corrected chi connectivity index (χ2v) is 7.13. The zero-order chi connectivity index (χ0) is 24.5. The van der Waals surface area contributed by atoms with Gasteiger partial charge in [-0.25, -0.2) is 4.39 Å². The summed E-state index contributed by atoms with van der Waals surface area (Å²) < 4.78 is 24.1. The van der Waals surface area contributed by atoms with E-state index in [2.05, 4.69) is 10.6 Å². The first-order chi connectivity index (χ1) is 16.4. The molecule has 0 spiro atoms. The molecule has 0 aromatic heterocycles. The fourth-order valence-corrected chi connectivity index (χ4v) is 3.04. The van der Waals surface area contributed by atoms with Crippen LogP contribution in [-0.2, 0) is 11.2 Å². The maximum Gasteiger partial charge on any atom is 0.270 e. The summed E-state index contributed by atoms with van der Waals surface area (Å²) in [6.07, 6.45) is -0.00354. The van der Waals surface area contributed by atoms with Gasteiger partial charge >= 0.3 is 0 Å². The van der Waals surface area contributed by atoms with Crippen LogP contribution in [-0.4, -0.2) is 36.9 Å². The first-order valence-electron chi connectivity index (χ1n) is 10.3. The summed E-state index contributed by atoms with van der Waals surface area (Å²) in [6, 6.07) is 16.0. The normalized spacial score (nSPS) is 10.3. The molecule has 0 heterocycles. The van der Waals surface area contributed by atoms with Gasteiger partial charge in [0.15, 0.2) is 0 Å². The lowest BCUT2D eigenvalue weighted by Gasteiger charge is -2.12. The first-order valence-corrected chi connectivity index (χ1v) is 10.3. The van der Waals surface area contributed by atoms with Gasteiger partial charge in [0.05, 0.1) is 24.0 Å². The number of non-ortho nitro benzene ring substituents is 1. The van der Waals surface area contributed by atoms with E-state index in [-0.39, 0.29) is 42.4 Å². The fraction of sp³-hybridized carbons (Fsp3) is 0.167. The van der Waals surface area contributed by atoms with Crippen LogP contribution in [0.2, 0.25) is 0 Å². The molecule has 0 atom stereocenters. The van der Waals surface area contributed by atoms with Crippen molar-refractivity contribution >= 4 is 17.5 Å². The van der Waals surface area contributed by atoms with Crippen molar-refractivity contribution in [2.24, 2.45) is 0 Å². The highest BCUT2D eigenvalue weighted by Gasteiger charge is 2.18. The van der Waals surface area contributed by atoms with Gasteiger partial charge in [-0.3, -0.25) is 19.7 Å². The van der Waals surface area contributed by atoms with Crippen LogP contribution in [0.25, 0.3) is 0 Å². The lowest BCUT2D eigenvalue weighted by Crippen LogP contribution is -2.35. The van der Waals surface area contributed by atoms with Crippen molar-refractivity contribution in [1.29, 1.82) is 0 Å². The SMILES string of the molecule is COc1ccc(Oc2ccc([N+](=O)[O-])cc2C(=O)NCCNC(=O)Cc2cccc(F)c2)cc1. The molecule has 0 saturated carbocycles. The molecule has 0 aliphatic rings. The summed E-state index contributed by atoms with van der Waals surface area (Å²) >= 11 is 0. The molecule has 3 aromatic carbocycles. The van der Waals surface area contributed by atoms with Crippen molar-refractivity contribution < 1.29 is 28.4 Å². The molecular formula is C24H22FN3O6. The standard InChI is InChI=1S/C24H22FN3O6/c1-33-19-6-8-20(9-7-19)34-22-10-5-18(28(31)32)15-21(22)24(30)27-12-11-26-23(29)14-16-3-2-4-17(25)13-16/h2-10,13,15H,11-12,14H2,1H3,(H,26,29)(H,27,30). The van der Waals surface area contributed by atoms with Crippen LogP contribution in [0.1, 0.15) is 15.9 Å². The minimum absolute atomic E-state index is 0.00354.